The maximum atomic E-state index is 3.65. The minimum atomic E-state index is 0.598. The summed E-state index contributed by atoms with van der Waals surface area (Å²) in [6.07, 6.45) is 6.80. The molecule has 92 valence electrons. The van der Waals surface area contributed by atoms with Gasteiger partial charge in [-0.3, -0.25) is 0 Å². The van der Waals surface area contributed by atoms with Crippen molar-refractivity contribution >= 4 is 0 Å². The normalized spacial score (nSPS) is 15.6. The Labute approximate surface area is 96.4 Å². The molecule has 0 aromatic carbocycles. The minimum absolute atomic E-state index is 0.598. The summed E-state index contributed by atoms with van der Waals surface area (Å²) in [5.41, 5.74) is 0. The van der Waals surface area contributed by atoms with Crippen molar-refractivity contribution in [1.29, 1.82) is 0 Å². The van der Waals surface area contributed by atoms with E-state index in [4.69, 9.17) is 0 Å². The Balaban J connectivity index is 3.42. The van der Waals surface area contributed by atoms with Gasteiger partial charge in [0, 0.05) is 18.6 Å². The highest BCUT2D eigenvalue weighted by Crippen LogP contribution is 2.05. The SMILES string of the molecule is CCCCCCC(C)NC(C)CN(C)C. The molecule has 2 nitrogen and oxygen atoms in total. The molecular formula is C13H30N2. The Kier molecular flexibility index (Phi) is 9.12. The number of nitrogens with zero attached hydrogens (tertiary/aromatic N) is 1. The largest absolute Gasteiger partial charge is 0.311 e. The predicted octanol–water partition coefficient (Wildman–Crippen LogP) is 2.89. The molecule has 0 rings (SSSR count). The van der Waals surface area contributed by atoms with Crippen molar-refractivity contribution in [2.75, 3.05) is 20.6 Å². The molecule has 2 atom stereocenters. The van der Waals surface area contributed by atoms with Crippen molar-refractivity contribution < 1.29 is 0 Å². The maximum absolute atomic E-state index is 3.65. The molecule has 0 bridgehead atoms. The fourth-order valence-corrected chi connectivity index (χ4v) is 2.05. The van der Waals surface area contributed by atoms with Crippen molar-refractivity contribution in [3.05, 3.63) is 0 Å². The summed E-state index contributed by atoms with van der Waals surface area (Å²) < 4.78 is 0. The Morgan fingerprint density at radius 1 is 1.00 bits per heavy atom. The van der Waals surface area contributed by atoms with Crippen LogP contribution in [0.3, 0.4) is 0 Å². The van der Waals surface area contributed by atoms with Crippen molar-refractivity contribution in [3.8, 4) is 0 Å². The number of unbranched alkanes of at least 4 members (excludes halogenated alkanes) is 3. The third-order valence-corrected chi connectivity index (χ3v) is 2.70. The zero-order valence-corrected chi connectivity index (χ0v) is 11.3. The van der Waals surface area contributed by atoms with Crippen LogP contribution in [0, 0.1) is 0 Å². The van der Waals surface area contributed by atoms with Gasteiger partial charge in [0.15, 0.2) is 0 Å². The van der Waals surface area contributed by atoms with Gasteiger partial charge in [-0.25, -0.2) is 0 Å². The summed E-state index contributed by atoms with van der Waals surface area (Å²) in [5.74, 6) is 0. The second-order valence-electron chi connectivity index (χ2n) is 5.08. The first-order valence-corrected chi connectivity index (χ1v) is 6.47. The van der Waals surface area contributed by atoms with Gasteiger partial charge in [0.2, 0.25) is 0 Å². The Morgan fingerprint density at radius 3 is 2.20 bits per heavy atom. The molecule has 0 aliphatic carbocycles. The van der Waals surface area contributed by atoms with Crippen LogP contribution in [0.15, 0.2) is 0 Å². The van der Waals surface area contributed by atoms with Crippen LogP contribution in [-0.2, 0) is 0 Å². The highest BCUT2D eigenvalue weighted by Gasteiger charge is 2.07. The van der Waals surface area contributed by atoms with Gasteiger partial charge in [0.25, 0.3) is 0 Å². The molecule has 15 heavy (non-hydrogen) atoms. The monoisotopic (exact) mass is 214 g/mol. The summed E-state index contributed by atoms with van der Waals surface area (Å²) in [6.45, 7) is 7.96. The quantitative estimate of drug-likeness (QED) is 0.594. The van der Waals surface area contributed by atoms with Crippen LogP contribution in [0.1, 0.15) is 52.9 Å². The number of likely N-dealkylation sites (N-methyl/N-ethyl adjacent to an activating group) is 1. The second kappa shape index (κ2) is 9.17. The van der Waals surface area contributed by atoms with E-state index >= 15 is 0 Å². The average molecular weight is 214 g/mol. The fourth-order valence-electron chi connectivity index (χ4n) is 2.05. The smallest absolute Gasteiger partial charge is 0.0168 e. The highest BCUT2D eigenvalue weighted by molar-refractivity contribution is 4.69. The van der Waals surface area contributed by atoms with Gasteiger partial charge in [-0.05, 0) is 34.4 Å². The lowest BCUT2D eigenvalue weighted by atomic mass is 10.1. The molecule has 0 aromatic rings. The standard InChI is InChI=1S/C13H30N2/c1-6-7-8-9-10-12(2)14-13(3)11-15(4)5/h12-14H,6-11H2,1-5H3. The van der Waals surface area contributed by atoms with Crippen LogP contribution in [0.25, 0.3) is 0 Å². The van der Waals surface area contributed by atoms with Gasteiger partial charge in [-0.15, -0.1) is 0 Å². The average Bonchev–Trinajstić information content (AvgIpc) is 2.10. The molecule has 0 amide bonds. The zero-order valence-electron chi connectivity index (χ0n) is 11.3. The zero-order chi connectivity index (χ0) is 11.7. The van der Waals surface area contributed by atoms with Gasteiger partial charge in [0.1, 0.15) is 0 Å². The van der Waals surface area contributed by atoms with E-state index in [1.807, 2.05) is 0 Å². The highest BCUT2D eigenvalue weighted by atomic mass is 15.1. The molecule has 2 heteroatoms. The van der Waals surface area contributed by atoms with E-state index in [1.165, 1.54) is 32.1 Å². The van der Waals surface area contributed by atoms with Crippen LogP contribution in [0.4, 0.5) is 0 Å². The van der Waals surface area contributed by atoms with E-state index in [2.05, 4.69) is 45.1 Å². The van der Waals surface area contributed by atoms with E-state index < -0.39 is 0 Å². The van der Waals surface area contributed by atoms with Gasteiger partial charge in [0.05, 0.1) is 0 Å². The summed E-state index contributed by atoms with van der Waals surface area (Å²) in [6, 6.07) is 1.26. The molecule has 2 unspecified atom stereocenters. The summed E-state index contributed by atoms with van der Waals surface area (Å²) >= 11 is 0. The Morgan fingerprint density at radius 2 is 1.67 bits per heavy atom. The molecule has 0 heterocycles. The molecule has 0 spiro atoms. The lowest BCUT2D eigenvalue weighted by Gasteiger charge is -2.22. The van der Waals surface area contributed by atoms with E-state index in [1.54, 1.807) is 0 Å². The lowest BCUT2D eigenvalue weighted by molar-refractivity contribution is 0.325. The van der Waals surface area contributed by atoms with E-state index in [9.17, 15) is 0 Å². The molecule has 0 saturated heterocycles. The van der Waals surface area contributed by atoms with Gasteiger partial charge in [-0.1, -0.05) is 32.6 Å². The van der Waals surface area contributed by atoms with Gasteiger partial charge < -0.3 is 10.2 Å². The summed E-state index contributed by atoms with van der Waals surface area (Å²) in [4.78, 5) is 2.24. The molecule has 0 aliphatic rings. The number of rotatable bonds is 9. The Hall–Kier alpha value is -0.0800. The third kappa shape index (κ3) is 10.2. The van der Waals surface area contributed by atoms with E-state index in [-0.39, 0.29) is 0 Å². The van der Waals surface area contributed by atoms with Crippen LogP contribution in [0.5, 0.6) is 0 Å². The molecular weight excluding hydrogens is 184 g/mol. The van der Waals surface area contributed by atoms with Crippen LogP contribution in [0.2, 0.25) is 0 Å². The van der Waals surface area contributed by atoms with Crippen molar-refractivity contribution in [2.24, 2.45) is 0 Å². The molecule has 0 saturated carbocycles. The summed E-state index contributed by atoms with van der Waals surface area (Å²) in [7, 11) is 4.26. The maximum Gasteiger partial charge on any atom is 0.0168 e. The second-order valence-corrected chi connectivity index (χ2v) is 5.08. The molecule has 0 radical (unpaired) electrons. The first-order valence-electron chi connectivity index (χ1n) is 6.47. The van der Waals surface area contributed by atoms with Crippen LogP contribution < -0.4 is 5.32 Å². The first kappa shape index (κ1) is 14.9. The van der Waals surface area contributed by atoms with Crippen LogP contribution >= 0.6 is 0 Å². The molecule has 1 N–H and O–H groups in total. The van der Waals surface area contributed by atoms with Crippen molar-refractivity contribution in [3.63, 3.8) is 0 Å². The third-order valence-electron chi connectivity index (χ3n) is 2.70. The number of nitrogens with one attached hydrogen (secondary N) is 1. The van der Waals surface area contributed by atoms with Crippen LogP contribution in [-0.4, -0.2) is 37.6 Å². The van der Waals surface area contributed by atoms with E-state index in [0.29, 0.717) is 12.1 Å². The number of hydrogen-bond donors (Lipinski definition) is 1. The molecule has 0 aromatic heterocycles. The van der Waals surface area contributed by atoms with Gasteiger partial charge in [-0.2, -0.15) is 0 Å². The minimum Gasteiger partial charge on any atom is -0.311 e. The number of hydrogen-bond acceptors (Lipinski definition) is 2. The molecule has 0 fully saturated rings. The van der Waals surface area contributed by atoms with E-state index in [0.717, 1.165) is 6.54 Å². The lowest BCUT2D eigenvalue weighted by Crippen LogP contribution is -2.40. The molecule has 0 aliphatic heterocycles. The first-order chi connectivity index (χ1) is 7.06. The Bertz CT molecular complexity index is 134. The topological polar surface area (TPSA) is 15.3 Å². The predicted molar refractivity (Wildman–Crippen MR) is 69.4 cm³/mol. The van der Waals surface area contributed by atoms with Crippen molar-refractivity contribution in [2.45, 2.75) is 65.0 Å². The van der Waals surface area contributed by atoms with Gasteiger partial charge >= 0.3 is 0 Å². The fraction of sp³-hybridized carbons (Fsp3) is 1.00. The van der Waals surface area contributed by atoms with Crippen molar-refractivity contribution in [1.82, 2.24) is 10.2 Å². The summed E-state index contributed by atoms with van der Waals surface area (Å²) in [5, 5.41) is 3.65.